The number of aliphatic hydroxyl groups is 1. The molecule has 0 spiro atoms. The van der Waals surface area contributed by atoms with E-state index in [1.807, 2.05) is 0 Å². The Balaban J connectivity index is 3.17. The first kappa shape index (κ1) is 17.4. The van der Waals surface area contributed by atoms with Gasteiger partial charge in [-0.25, -0.2) is 24.2 Å². The summed E-state index contributed by atoms with van der Waals surface area (Å²) in [6, 6.07) is 4.41. The van der Waals surface area contributed by atoms with Crippen LogP contribution in [0.5, 0.6) is 0 Å². The summed E-state index contributed by atoms with van der Waals surface area (Å²) in [7, 11) is 1.16. The van der Waals surface area contributed by atoms with Gasteiger partial charge in [0.25, 0.3) is 0 Å². The number of ether oxygens (including phenoxy) is 1. The summed E-state index contributed by atoms with van der Waals surface area (Å²) >= 11 is 0. The molecule has 0 heterocycles. The summed E-state index contributed by atoms with van der Waals surface area (Å²) in [5.74, 6) is -2.76. The molecule has 0 aliphatic rings. The van der Waals surface area contributed by atoms with Crippen molar-refractivity contribution in [2.75, 3.05) is 7.11 Å². The zero-order valence-corrected chi connectivity index (χ0v) is 12.2. The standard InChI is InChI=1S/C15H16O7/c1-4-12(17)21-22-14(18)11-7-5-6-10(8-9(2)16)13(11)15(19)20-3/h4-7,9,16H,1,8H2,2-3H3. The predicted octanol–water partition coefficient (Wildman–Crippen LogP) is 1.20. The molecule has 0 saturated carbocycles. The first-order valence-electron chi connectivity index (χ1n) is 6.34. The molecule has 1 aromatic carbocycles. The Kier molecular flexibility index (Phi) is 6.27. The van der Waals surface area contributed by atoms with E-state index in [4.69, 9.17) is 0 Å². The van der Waals surface area contributed by atoms with Crippen LogP contribution in [-0.2, 0) is 25.7 Å². The van der Waals surface area contributed by atoms with Crippen LogP contribution >= 0.6 is 0 Å². The van der Waals surface area contributed by atoms with Gasteiger partial charge in [-0.05, 0) is 25.0 Å². The fourth-order valence-electron chi connectivity index (χ4n) is 1.76. The second kappa shape index (κ2) is 7.94. The van der Waals surface area contributed by atoms with Crippen LogP contribution in [-0.4, -0.2) is 36.2 Å². The highest BCUT2D eigenvalue weighted by molar-refractivity contribution is 6.04. The Morgan fingerprint density at radius 2 is 1.95 bits per heavy atom. The van der Waals surface area contributed by atoms with Crippen molar-refractivity contribution in [2.45, 2.75) is 19.4 Å². The van der Waals surface area contributed by atoms with E-state index in [-0.39, 0.29) is 17.5 Å². The van der Waals surface area contributed by atoms with Crippen molar-refractivity contribution >= 4 is 17.9 Å². The molecule has 0 aliphatic carbocycles. The Morgan fingerprint density at radius 3 is 2.50 bits per heavy atom. The second-order valence-electron chi connectivity index (χ2n) is 4.36. The molecule has 118 valence electrons. The van der Waals surface area contributed by atoms with E-state index in [1.165, 1.54) is 19.1 Å². The van der Waals surface area contributed by atoms with Crippen molar-refractivity contribution in [3.05, 3.63) is 47.5 Å². The molecule has 1 rings (SSSR count). The smallest absolute Gasteiger partial charge is 0.387 e. The predicted molar refractivity (Wildman–Crippen MR) is 74.9 cm³/mol. The van der Waals surface area contributed by atoms with Gasteiger partial charge in [0.2, 0.25) is 0 Å². The van der Waals surface area contributed by atoms with Crippen LogP contribution in [0.25, 0.3) is 0 Å². The first-order chi connectivity index (χ1) is 10.4. The van der Waals surface area contributed by atoms with E-state index in [2.05, 4.69) is 21.1 Å². The summed E-state index contributed by atoms with van der Waals surface area (Å²) in [6.45, 7) is 4.69. The molecule has 1 aromatic rings. The number of esters is 1. The third-order valence-corrected chi connectivity index (χ3v) is 2.64. The summed E-state index contributed by atoms with van der Waals surface area (Å²) in [6.07, 6.45) is 0.226. The van der Waals surface area contributed by atoms with E-state index in [0.29, 0.717) is 5.56 Å². The molecule has 1 N–H and O–H groups in total. The van der Waals surface area contributed by atoms with Crippen LogP contribution in [0.1, 0.15) is 33.2 Å². The molecule has 7 nitrogen and oxygen atoms in total. The summed E-state index contributed by atoms with van der Waals surface area (Å²) in [5, 5.41) is 9.47. The maximum Gasteiger partial charge on any atom is 0.387 e. The highest BCUT2D eigenvalue weighted by atomic mass is 17.2. The summed E-state index contributed by atoms with van der Waals surface area (Å²) in [4.78, 5) is 43.3. The highest BCUT2D eigenvalue weighted by Crippen LogP contribution is 2.19. The number of hydrogen-bond acceptors (Lipinski definition) is 7. The Labute approximate surface area is 127 Å². The van der Waals surface area contributed by atoms with Gasteiger partial charge in [0, 0.05) is 6.08 Å². The molecule has 7 heteroatoms. The van der Waals surface area contributed by atoms with Gasteiger partial charge in [-0.2, -0.15) is 0 Å². The molecule has 0 aromatic heterocycles. The quantitative estimate of drug-likeness (QED) is 0.377. The van der Waals surface area contributed by atoms with Crippen molar-refractivity contribution < 1.29 is 34.0 Å². The SMILES string of the molecule is C=CC(=O)OOC(=O)c1cccc(CC(C)O)c1C(=O)OC. The van der Waals surface area contributed by atoms with Crippen molar-refractivity contribution in [2.24, 2.45) is 0 Å². The number of hydrogen-bond donors (Lipinski definition) is 1. The minimum absolute atomic E-state index is 0.0504. The van der Waals surface area contributed by atoms with Crippen molar-refractivity contribution in [3.63, 3.8) is 0 Å². The first-order valence-corrected chi connectivity index (χ1v) is 6.34. The molecule has 22 heavy (non-hydrogen) atoms. The molecule has 0 radical (unpaired) electrons. The lowest BCUT2D eigenvalue weighted by Gasteiger charge is -2.13. The van der Waals surface area contributed by atoms with E-state index in [0.717, 1.165) is 13.2 Å². The van der Waals surface area contributed by atoms with Crippen LogP contribution in [0.15, 0.2) is 30.9 Å². The monoisotopic (exact) mass is 308 g/mol. The van der Waals surface area contributed by atoms with Gasteiger partial charge >= 0.3 is 17.9 Å². The van der Waals surface area contributed by atoms with E-state index >= 15 is 0 Å². The lowest BCUT2D eigenvalue weighted by molar-refractivity contribution is -0.228. The van der Waals surface area contributed by atoms with Crippen molar-refractivity contribution in [1.82, 2.24) is 0 Å². The molecule has 0 saturated heterocycles. The largest absolute Gasteiger partial charge is 0.465 e. The zero-order valence-electron chi connectivity index (χ0n) is 12.2. The van der Waals surface area contributed by atoms with Gasteiger partial charge in [0.1, 0.15) is 0 Å². The minimum atomic E-state index is -1.04. The van der Waals surface area contributed by atoms with Crippen LogP contribution < -0.4 is 0 Å². The van der Waals surface area contributed by atoms with E-state index in [1.54, 1.807) is 6.07 Å². The normalized spacial score (nSPS) is 11.2. The molecule has 0 fully saturated rings. The number of aliphatic hydroxyl groups excluding tert-OH is 1. The van der Waals surface area contributed by atoms with Gasteiger partial charge in [0.15, 0.2) is 0 Å². The average molecular weight is 308 g/mol. The van der Waals surface area contributed by atoms with Gasteiger partial charge in [0.05, 0.1) is 24.3 Å². The van der Waals surface area contributed by atoms with E-state index in [9.17, 15) is 19.5 Å². The number of carbonyl (C=O) groups excluding carboxylic acids is 3. The van der Waals surface area contributed by atoms with E-state index < -0.39 is 24.0 Å². The molecule has 1 atom stereocenters. The van der Waals surface area contributed by atoms with Crippen LogP contribution in [0.4, 0.5) is 0 Å². The summed E-state index contributed by atoms with van der Waals surface area (Å²) in [5.41, 5.74) is 0.221. The Bertz CT molecular complexity index is 590. The van der Waals surface area contributed by atoms with Gasteiger partial charge in [-0.15, -0.1) is 0 Å². The molecule has 0 bridgehead atoms. The third-order valence-electron chi connectivity index (χ3n) is 2.64. The van der Waals surface area contributed by atoms with Crippen LogP contribution in [0.2, 0.25) is 0 Å². The Morgan fingerprint density at radius 1 is 1.27 bits per heavy atom. The maximum absolute atomic E-state index is 11.9. The molecular formula is C15H16O7. The fraction of sp³-hybridized carbons (Fsp3) is 0.267. The topological polar surface area (TPSA) is 99.1 Å². The highest BCUT2D eigenvalue weighted by Gasteiger charge is 2.24. The maximum atomic E-state index is 11.9. The molecule has 0 aliphatic heterocycles. The number of methoxy groups -OCH3 is 1. The minimum Gasteiger partial charge on any atom is -0.465 e. The second-order valence-corrected chi connectivity index (χ2v) is 4.36. The lowest BCUT2D eigenvalue weighted by Crippen LogP contribution is -2.18. The zero-order chi connectivity index (χ0) is 16.7. The van der Waals surface area contributed by atoms with Crippen LogP contribution in [0.3, 0.4) is 0 Å². The average Bonchev–Trinajstić information content (AvgIpc) is 2.50. The van der Waals surface area contributed by atoms with Gasteiger partial charge in [-0.1, -0.05) is 18.7 Å². The molecule has 0 amide bonds. The van der Waals surface area contributed by atoms with Gasteiger partial charge in [-0.3, -0.25) is 0 Å². The number of carbonyl (C=O) groups is 3. The Hall–Kier alpha value is -2.67. The van der Waals surface area contributed by atoms with Crippen molar-refractivity contribution in [3.8, 4) is 0 Å². The molecular weight excluding hydrogens is 292 g/mol. The van der Waals surface area contributed by atoms with Gasteiger partial charge < -0.3 is 9.84 Å². The van der Waals surface area contributed by atoms with Crippen molar-refractivity contribution in [1.29, 1.82) is 0 Å². The number of rotatable bonds is 5. The molecule has 1 unspecified atom stereocenters. The lowest BCUT2D eigenvalue weighted by atomic mass is 9.97. The fourth-order valence-corrected chi connectivity index (χ4v) is 1.76. The summed E-state index contributed by atoms with van der Waals surface area (Å²) < 4.78 is 4.64. The third kappa shape index (κ3) is 4.42. The van der Waals surface area contributed by atoms with Crippen LogP contribution in [0, 0.1) is 0 Å². The number of benzene rings is 1.